The summed E-state index contributed by atoms with van der Waals surface area (Å²) in [4.78, 5) is 30.6. The monoisotopic (exact) mass is 309 g/mol. The Labute approximate surface area is 135 Å². The maximum absolute atomic E-state index is 12.4. The van der Waals surface area contributed by atoms with E-state index in [2.05, 4.69) is 10.3 Å². The number of pyridine rings is 1. The van der Waals surface area contributed by atoms with Crippen LogP contribution in [-0.2, 0) is 9.59 Å². The van der Waals surface area contributed by atoms with Crippen LogP contribution in [0.25, 0.3) is 0 Å². The van der Waals surface area contributed by atoms with Gasteiger partial charge in [0.2, 0.25) is 11.8 Å². The minimum Gasteiger partial charge on any atom is -0.311 e. The third-order valence-corrected chi connectivity index (χ3v) is 4.15. The summed E-state index contributed by atoms with van der Waals surface area (Å²) in [5, 5.41) is 2.83. The molecule has 1 aromatic carbocycles. The number of carbonyl (C=O) groups is 2. The van der Waals surface area contributed by atoms with Crippen molar-refractivity contribution in [3.05, 3.63) is 53.7 Å². The Morgan fingerprint density at radius 2 is 1.91 bits per heavy atom. The average molecular weight is 309 g/mol. The molecule has 118 valence electrons. The molecule has 3 rings (SSSR count). The summed E-state index contributed by atoms with van der Waals surface area (Å²) in [5.41, 5.74) is 2.81. The van der Waals surface area contributed by atoms with Crippen molar-refractivity contribution in [1.82, 2.24) is 4.98 Å². The lowest BCUT2D eigenvalue weighted by Crippen LogP contribution is -2.28. The van der Waals surface area contributed by atoms with Gasteiger partial charge < -0.3 is 10.2 Å². The van der Waals surface area contributed by atoms with Crippen molar-refractivity contribution < 1.29 is 9.59 Å². The van der Waals surface area contributed by atoms with E-state index in [1.165, 1.54) is 0 Å². The molecule has 1 fully saturated rings. The van der Waals surface area contributed by atoms with E-state index >= 15 is 0 Å². The van der Waals surface area contributed by atoms with Crippen molar-refractivity contribution in [3.8, 4) is 0 Å². The largest absolute Gasteiger partial charge is 0.311 e. The van der Waals surface area contributed by atoms with Crippen LogP contribution in [0.2, 0.25) is 0 Å². The van der Waals surface area contributed by atoms with E-state index in [9.17, 15) is 9.59 Å². The molecule has 0 aliphatic carbocycles. The van der Waals surface area contributed by atoms with E-state index < -0.39 is 0 Å². The number of anilines is 2. The number of hydrogen-bond donors (Lipinski definition) is 1. The molecule has 5 heteroatoms. The SMILES string of the molecule is Cc1ccccc1N1CC(C(=O)Nc2ncccc2C)CC1=O. The summed E-state index contributed by atoms with van der Waals surface area (Å²) >= 11 is 0. The molecule has 1 aliphatic heterocycles. The van der Waals surface area contributed by atoms with E-state index in [0.29, 0.717) is 12.4 Å². The lowest BCUT2D eigenvalue weighted by molar-refractivity contribution is -0.122. The van der Waals surface area contributed by atoms with Crippen LogP contribution in [0.5, 0.6) is 0 Å². The first-order chi connectivity index (χ1) is 11.1. The fourth-order valence-electron chi connectivity index (χ4n) is 2.82. The second kappa shape index (κ2) is 6.20. The summed E-state index contributed by atoms with van der Waals surface area (Å²) in [6, 6.07) is 11.4. The Balaban J connectivity index is 1.74. The molecule has 1 atom stereocenters. The van der Waals surface area contributed by atoms with Gasteiger partial charge in [0.05, 0.1) is 5.92 Å². The maximum Gasteiger partial charge on any atom is 0.230 e. The lowest BCUT2D eigenvalue weighted by Gasteiger charge is -2.19. The van der Waals surface area contributed by atoms with Crippen LogP contribution in [0.3, 0.4) is 0 Å². The molecule has 0 radical (unpaired) electrons. The summed E-state index contributed by atoms with van der Waals surface area (Å²) in [5.74, 6) is 0.0243. The molecule has 5 nitrogen and oxygen atoms in total. The van der Waals surface area contributed by atoms with Crippen molar-refractivity contribution in [1.29, 1.82) is 0 Å². The smallest absolute Gasteiger partial charge is 0.230 e. The molecule has 0 spiro atoms. The number of amides is 2. The van der Waals surface area contributed by atoms with Gasteiger partial charge in [-0.2, -0.15) is 0 Å². The van der Waals surface area contributed by atoms with Gasteiger partial charge in [-0.05, 0) is 37.1 Å². The molecule has 0 saturated carbocycles. The van der Waals surface area contributed by atoms with Gasteiger partial charge >= 0.3 is 0 Å². The van der Waals surface area contributed by atoms with Crippen molar-refractivity contribution in [3.63, 3.8) is 0 Å². The average Bonchev–Trinajstić information content (AvgIpc) is 2.92. The fourth-order valence-corrected chi connectivity index (χ4v) is 2.82. The topological polar surface area (TPSA) is 62.3 Å². The lowest BCUT2D eigenvalue weighted by atomic mass is 10.1. The number of benzene rings is 1. The minimum absolute atomic E-state index is 0.0165. The molecule has 1 aliphatic rings. The molecule has 0 bridgehead atoms. The number of hydrogen-bond acceptors (Lipinski definition) is 3. The molecule has 1 aromatic heterocycles. The van der Waals surface area contributed by atoms with Gasteiger partial charge in [-0.15, -0.1) is 0 Å². The zero-order chi connectivity index (χ0) is 16.4. The van der Waals surface area contributed by atoms with Crippen LogP contribution in [0.1, 0.15) is 17.5 Å². The molecule has 2 aromatic rings. The Morgan fingerprint density at radius 1 is 1.17 bits per heavy atom. The zero-order valence-corrected chi connectivity index (χ0v) is 13.2. The molecule has 2 amide bonds. The predicted molar refractivity (Wildman–Crippen MR) is 89.2 cm³/mol. The zero-order valence-electron chi connectivity index (χ0n) is 13.2. The first-order valence-corrected chi connectivity index (χ1v) is 7.64. The first-order valence-electron chi connectivity index (χ1n) is 7.64. The molecule has 23 heavy (non-hydrogen) atoms. The number of para-hydroxylation sites is 1. The highest BCUT2D eigenvalue weighted by atomic mass is 16.2. The normalized spacial score (nSPS) is 17.4. The van der Waals surface area contributed by atoms with E-state index in [0.717, 1.165) is 16.8 Å². The van der Waals surface area contributed by atoms with Crippen molar-refractivity contribution in [2.45, 2.75) is 20.3 Å². The summed E-state index contributed by atoms with van der Waals surface area (Å²) in [6.07, 6.45) is 1.87. The van der Waals surface area contributed by atoms with Crippen LogP contribution in [-0.4, -0.2) is 23.3 Å². The highest BCUT2D eigenvalue weighted by molar-refractivity contribution is 6.03. The number of carbonyl (C=O) groups excluding carboxylic acids is 2. The summed E-state index contributed by atoms with van der Waals surface area (Å²) in [7, 11) is 0. The second-order valence-electron chi connectivity index (χ2n) is 5.85. The van der Waals surface area contributed by atoms with Crippen molar-refractivity contribution >= 4 is 23.3 Å². The Morgan fingerprint density at radius 3 is 2.65 bits per heavy atom. The predicted octanol–water partition coefficient (Wildman–Crippen LogP) is 2.69. The van der Waals surface area contributed by atoms with Crippen LogP contribution < -0.4 is 10.2 Å². The second-order valence-corrected chi connectivity index (χ2v) is 5.85. The van der Waals surface area contributed by atoms with Crippen molar-refractivity contribution in [2.75, 3.05) is 16.8 Å². The van der Waals surface area contributed by atoms with Crippen LogP contribution in [0.4, 0.5) is 11.5 Å². The van der Waals surface area contributed by atoms with Crippen molar-refractivity contribution in [2.24, 2.45) is 5.92 Å². The molecule has 1 unspecified atom stereocenters. The van der Waals surface area contributed by atoms with Gasteiger partial charge in [0.25, 0.3) is 0 Å². The highest BCUT2D eigenvalue weighted by Gasteiger charge is 2.35. The van der Waals surface area contributed by atoms with E-state index in [-0.39, 0.29) is 24.2 Å². The Hall–Kier alpha value is -2.69. The minimum atomic E-state index is -0.358. The van der Waals surface area contributed by atoms with Gasteiger partial charge in [-0.25, -0.2) is 4.98 Å². The van der Waals surface area contributed by atoms with E-state index in [1.54, 1.807) is 11.1 Å². The number of nitrogens with zero attached hydrogens (tertiary/aromatic N) is 2. The maximum atomic E-state index is 12.4. The third kappa shape index (κ3) is 3.08. The number of nitrogens with one attached hydrogen (secondary N) is 1. The standard InChI is InChI=1S/C18H19N3O2/c1-12-6-3-4-8-15(12)21-11-14(10-16(21)22)18(23)20-17-13(2)7-5-9-19-17/h3-9,14H,10-11H2,1-2H3,(H,19,20,23). The first kappa shape index (κ1) is 15.2. The molecule has 1 N–H and O–H groups in total. The fraction of sp³-hybridized carbons (Fsp3) is 0.278. The van der Waals surface area contributed by atoms with Crippen LogP contribution in [0.15, 0.2) is 42.6 Å². The van der Waals surface area contributed by atoms with E-state index in [4.69, 9.17) is 0 Å². The molecule has 1 saturated heterocycles. The van der Waals surface area contributed by atoms with Gasteiger partial charge in [0, 0.05) is 24.8 Å². The quantitative estimate of drug-likeness (QED) is 0.948. The summed E-state index contributed by atoms with van der Waals surface area (Å²) < 4.78 is 0. The Kier molecular flexibility index (Phi) is 4.10. The number of rotatable bonds is 3. The number of aryl methyl sites for hydroxylation is 2. The van der Waals surface area contributed by atoms with Gasteiger partial charge in [-0.3, -0.25) is 9.59 Å². The summed E-state index contributed by atoms with van der Waals surface area (Å²) in [6.45, 7) is 4.26. The molecule has 2 heterocycles. The third-order valence-electron chi connectivity index (χ3n) is 4.15. The van der Waals surface area contributed by atoms with Crippen LogP contribution >= 0.6 is 0 Å². The van der Waals surface area contributed by atoms with E-state index in [1.807, 2.05) is 50.2 Å². The van der Waals surface area contributed by atoms with Gasteiger partial charge in [-0.1, -0.05) is 24.3 Å². The van der Waals surface area contributed by atoms with Crippen LogP contribution in [0, 0.1) is 19.8 Å². The van der Waals surface area contributed by atoms with Gasteiger partial charge in [0.1, 0.15) is 5.82 Å². The molecular weight excluding hydrogens is 290 g/mol. The Bertz CT molecular complexity index is 757. The molecular formula is C18H19N3O2. The highest BCUT2D eigenvalue weighted by Crippen LogP contribution is 2.28. The van der Waals surface area contributed by atoms with Gasteiger partial charge in [0.15, 0.2) is 0 Å². The number of aromatic nitrogens is 1.